The lowest BCUT2D eigenvalue weighted by Gasteiger charge is -2.35. The van der Waals surface area contributed by atoms with Gasteiger partial charge in [0.1, 0.15) is 5.82 Å². The van der Waals surface area contributed by atoms with Gasteiger partial charge < -0.3 is 19.3 Å². The Labute approximate surface area is 166 Å². The number of amides is 1. The molecular formula is C20H19N7O2. The zero-order valence-corrected chi connectivity index (χ0v) is 15.9. The second-order valence-corrected chi connectivity index (χ2v) is 6.96. The zero-order chi connectivity index (χ0) is 19.8. The largest absolute Gasteiger partial charge is 0.353 e. The number of nitrogens with one attached hydrogen (secondary N) is 1. The van der Waals surface area contributed by atoms with Crippen LogP contribution in [0.3, 0.4) is 0 Å². The van der Waals surface area contributed by atoms with Gasteiger partial charge in [0.25, 0.3) is 5.91 Å². The Hall–Kier alpha value is -3.75. The second-order valence-electron chi connectivity index (χ2n) is 6.96. The molecule has 1 aliphatic heterocycles. The third-order valence-electron chi connectivity index (χ3n) is 5.09. The molecule has 1 aromatic carbocycles. The Balaban J connectivity index is 1.24. The minimum atomic E-state index is 0.0388. The molecule has 1 aliphatic rings. The van der Waals surface area contributed by atoms with Gasteiger partial charge in [-0.2, -0.15) is 4.98 Å². The molecule has 1 fully saturated rings. The number of aromatic amines is 1. The van der Waals surface area contributed by atoms with Crippen molar-refractivity contribution >= 4 is 22.8 Å². The first-order chi connectivity index (χ1) is 14.2. The van der Waals surface area contributed by atoms with Gasteiger partial charge in [-0.25, -0.2) is 9.97 Å². The van der Waals surface area contributed by atoms with Crippen molar-refractivity contribution in [1.29, 1.82) is 0 Å². The van der Waals surface area contributed by atoms with E-state index in [1.807, 2.05) is 35.2 Å². The molecule has 9 nitrogen and oxygen atoms in total. The molecule has 1 amide bonds. The van der Waals surface area contributed by atoms with E-state index in [4.69, 9.17) is 4.52 Å². The van der Waals surface area contributed by atoms with Gasteiger partial charge in [0, 0.05) is 50.4 Å². The number of hydrogen-bond acceptors (Lipinski definition) is 7. The Morgan fingerprint density at radius 3 is 2.69 bits per heavy atom. The smallest absolute Gasteiger partial charge is 0.254 e. The van der Waals surface area contributed by atoms with Gasteiger partial charge in [0.2, 0.25) is 11.7 Å². The second kappa shape index (κ2) is 7.01. The van der Waals surface area contributed by atoms with Crippen molar-refractivity contribution in [1.82, 2.24) is 30.0 Å². The number of aromatic nitrogens is 5. The van der Waals surface area contributed by atoms with Crippen LogP contribution < -0.4 is 4.90 Å². The molecular weight excluding hydrogens is 370 g/mol. The Morgan fingerprint density at radius 2 is 1.97 bits per heavy atom. The molecule has 0 bridgehead atoms. The Bertz CT molecular complexity index is 1160. The van der Waals surface area contributed by atoms with Gasteiger partial charge in [0.05, 0.1) is 17.4 Å². The fourth-order valence-corrected chi connectivity index (χ4v) is 3.51. The van der Waals surface area contributed by atoms with Gasteiger partial charge in [-0.15, -0.1) is 0 Å². The maximum Gasteiger partial charge on any atom is 0.254 e. The average Bonchev–Trinajstić information content (AvgIpc) is 3.42. The molecule has 0 aliphatic carbocycles. The third-order valence-corrected chi connectivity index (χ3v) is 5.09. The van der Waals surface area contributed by atoms with E-state index in [1.165, 1.54) is 0 Å². The number of benzene rings is 1. The van der Waals surface area contributed by atoms with Gasteiger partial charge in [-0.05, 0) is 30.3 Å². The molecule has 0 atom stereocenters. The molecule has 9 heteroatoms. The first-order valence-corrected chi connectivity index (χ1v) is 9.41. The van der Waals surface area contributed by atoms with E-state index in [-0.39, 0.29) is 5.91 Å². The van der Waals surface area contributed by atoms with Crippen molar-refractivity contribution in [2.24, 2.45) is 0 Å². The summed E-state index contributed by atoms with van der Waals surface area (Å²) in [5, 5.41) is 3.91. The topological polar surface area (TPSA) is 104 Å². The molecule has 0 spiro atoms. The van der Waals surface area contributed by atoms with E-state index < -0.39 is 0 Å². The highest BCUT2D eigenvalue weighted by Crippen LogP contribution is 2.20. The summed E-state index contributed by atoms with van der Waals surface area (Å²) in [7, 11) is 0. The minimum absolute atomic E-state index is 0.0388. The molecule has 1 N–H and O–H groups in total. The van der Waals surface area contributed by atoms with E-state index in [0.29, 0.717) is 30.4 Å². The summed E-state index contributed by atoms with van der Waals surface area (Å²) < 4.78 is 5.01. The highest BCUT2D eigenvalue weighted by atomic mass is 16.5. The summed E-state index contributed by atoms with van der Waals surface area (Å²) in [6.45, 7) is 4.50. The number of carbonyl (C=O) groups is 1. The van der Waals surface area contributed by atoms with Crippen molar-refractivity contribution in [3.05, 3.63) is 54.3 Å². The van der Waals surface area contributed by atoms with Gasteiger partial charge >= 0.3 is 0 Å². The van der Waals surface area contributed by atoms with Crippen molar-refractivity contribution in [2.45, 2.75) is 6.92 Å². The molecule has 0 unspecified atom stereocenters. The highest BCUT2D eigenvalue weighted by molar-refractivity contribution is 5.97. The van der Waals surface area contributed by atoms with Crippen LogP contribution in [-0.4, -0.2) is 62.1 Å². The maximum atomic E-state index is 12.8. The van der Waals surface area contributed by atoms with Crippen LogP contribution in [0.15, 0.2) is 47.4 Å². The van der Waals surface area contributed by atoms with Crippen LogP contribution in [0.25, 0.3) is 22.4 Å². The first kappa shape index (κ1) is 17.4. The molecule has 0 saturated carbocycles. The van der Waals surface area contributed by atoms with E-state index in [2.05, 4.69) is 30.0 Å². The number of rotatable bonds is 3. The standard InChI is InChI=1S/C20H19N7O2/c1-13-24-19(25-29-13)15-3-5-18(21-11-15)26-6-8-27(9-7-26)20(28)14-2-4-16-17(10-14)23-12-22-16/h2-5,10-12H,6-9H2,1H3,(H,22,23). The van der Waals surface area contributed by atoms with Crippen LogP contribution in [0.5, 0.6) is 0 Å². The predicted octanol–water partition coefficient (Wildman–Crippen LogP) is 2.28. The van der Waals surface area contributed by atoms with E-state index >= 15 is 0 Å². The highest BCUT2D eigenvalue weighted by Gasteiger charge is 2.23. The van der Waals surface area contributed by atoms with Gasteiger partial charge in [-0.1, -0.05) is 5.16 Å². The van der Waals surface area contributed by atoms with Crippen LogP contribution in [0.4, 0.5) is 5.82 Å². The zero-order valence-electron chi connectivity index (χ0n) is 15.9. The molecule has 4 aromatic rings. The molecule has 0 radical (unpaired) electrons. The summed E-state index contributed by atoms with van der Waals surface area (Å²) >= 11 is 0. The maximum absolute atomic E-state index is 12.8. The summed E-state index contributed by atoms with van der Waals surface area (Å²) in [4.78, 5) is 32.9. The lowest BCUT2D eigenvalue weighted by Crippen LogP contribution is -2.49. The SMILES string of the molecule is Cc1nc(-c2ccc(N3CCN(C(=O)c4ccc5nc[nH]c5c4)CC3)nc2)no1. The van der Waals surface area contributed by atoms with Crippen LogP contribution >= 0.6 is 0 Å². The van der Waals surface area contributed by atoms with Crippen molar-refractivity contribution in [3.8, 4) is 11.4 Å². The number of H-pyrrole nitrogens is 1. The number of hydrogen-bond donors (Lipinski definition) is 1. The van der Waals surface area contributed by atoms with E-state index in [0.717, 1.165) is 35.5 Å². The van der Waals surface area contributed by atoms with E-state index in [9.17, 15) is 4.79 Å². The number of anilines is 1. The fourth-order valence-electron chi connectivity index (χ4n) is 3.51. The first-order valence-electron chi connectivity index (χ1n) is 9.41. The predicted molar refractivity (Wildman–Crippen MR) is 106 cm³/mol. The number of fused-ring (bicyclic) bond motifs is 1. The minimum Gasteiger partial charge on any atom is -0.353 e. The Kier molecular flexibility index (Phi) is 4.19. The Morgan fingerprint density at radius 1 is 1.10 bits per heavy atom. The van der Waals surface area contributed by atoms with Crippen LogP contribution in [0.2, 0.25) is 0 Å². The van der Waals surface area contributed by atoms with Crippen LogP contribution in [-0.2, 0) is 0 Å². The quantitative estimate of drug-likeness (QED) is 0.573. The third kappa shape index (κ3) is 3.31. The lowest BCUT2D eigenvalue weighted by atomic mass is 10.1. The number of imidazole rings is 1. The summed E-state index contributed by atoms with van der Waals surface area (Å²) in [5.74, 6) is 1.97. The van der Waals surface area contributed by atoms with Crippen molar-refractivity contribution in [3.63, 3.8) is 0 Å². The number of aryl methyl sites for hydroxylation is 1. The number of piperazine rings is 1. The van der Waals surface area contributed by atoms with Gasteiger partial charge in [-0.3, -0.25) is 4.79 Å². The molecule has 29 heavy (non-hydrogen) atoms. The van der Waals surface area contributed by atoms with Gasteiger partial charge in [0.15, 0.2) is 0 Å². The average molecular weight is 389 g/mol. The lowest BCUT2D eigenvalue weighted by molar-refractivity contribution is 0.0746. The molecule has 5 rings (SSSR count). The van der Waals surface area contributed by atoms with Crippen molar-refractivity contribution < 1.29 is 9.32 Å². The summed E-state index contributed by atoms with van der Waals surface area (Å²) in [5.41, 5.74) is 3.22. The molecule has 1 saturated heterocycles. The normalized spacial score (nSPS) is 14.5. The summed E-state index contributed by atoms with van der Waals surface area (Å²) in [6, 6.07) is 9.44. The number of pyridine rings is 1. The number of carbonyl (C=O) groups excluding carboxylic acids is 1. The monoisotopic (exact) mass is 389 g/mol. The number of nitrogens with zero attached hydrogens (tertiary/aromatic N) is 6. The van der Waals surface area contributed by atoms with Crippen LogP contribution in [0.1, 0.15) is 16.2 Å². The summed E-state index contributed by atoms with van der Waals surface area (Å²) in [6.07, 6.45) is 3.38. The molecule has 146 valence electrons. The molecule has 4 heterocycles. The van der Waals surface area contributed by atoms with E-state index in [1.54, 1.807) is 19.4 Å². The van der Waals surface area contributed by atoms with Crippen LogP contribution in [0, 0.1) is 6.92 Å². The van der Waals surface area contributed by atoms with Crippen molar-refractivity contribution in [2.75, 3.05) is 31.1 Å². The molecule has 3 aromatic heterocycles. The fraction of sp³-hybridized carbons (Fsp3) is 0.250.